The Hall–Kier alpha value is -3.36. The number of ether oxygens (including phenoxy) is 2. The smallest absolute Gasteiger partial charge is 0.249 e. The molecule has 0 spiro atoms. The molecule has 9 heteroatoms. The van der Waals surface area contributed by atoms with Gasteiger partial charge in [0.05, 0.1) is 17.8 Å². The van der Waals surface area contributed by atoms with Crippen LogP contribution in [-0.2, 0) is 16.2 Å². The summed E-state index contributed by atoms with van der Waals surface area (Å²) < 4.78 is 12.0. The van der Waals surface area contributed by atoms with E-state index >= 15 is 0 Å². The number of aryl methyl sites for hydroxylation is 2. The third kappa shape index (κ3) is 7.83. The molecule has 0 saturated carbocycles. The monoisotopic (exact) mass is 557 g/mol. The summed E-state index contributed by atoms with van der Waals surface area (Å²) in [5, 5.41) is 7.31. The van der Waals surface area contributed by atoms with Crippen molar-refractivity contribution in [2.24, 2.45) is 5.10 Å². The Morgan fingerprint density at radius 1 is 1.03 bits per heavy atom. The highest BCUT2D eigenvalue weighted by molar-refractivity contribution is 9.10. The van der Waals surface area contributed by atoms with E-state index in [0.717, 1.165) is 16.7 Å². The van der Waals surface area contributed by atoms with Crippen LogP contribution in [-0.4, -0.2) is 25.1 Å². The van der Waals surface area contributed by atoms with Gasteiger partial charge in [-0.25, -0.2) is 5.43 Å². The Morgan fingerprint density at radius 3 is 2.46 bits per heavy atom. The van der Waals surface area contributed by atoms with Crippen LogP contribution >= 0.6 is 27.5 Å². The maximum absolute atomic E-state index is 12.1. The SMILES string of the molecule is COc1cc(C=NNC(=O)CC(=O)Nc2ccc(C)c(C)c2)cc(Br)c1OCc1ccc(Cl)cc1. The van der Waals surface area contributed by atoms with Crippen molar-refractivity contribution in [3.05, 3.63) is 86.3 Å². The summed E-state index contributed by atoms with van der Waals surface area (Å²) in [6.07, 6.45) is 1.10. The normalized spacial score (nSPS) is 10.8. The van der Waals surface area contributed by atoms with Crippen molar-refractivity contribution in [1.29, 1.82) is 0 Å². The number of rotatable bonds is 9. The summed E-state index contributed by atoms with van der Waals surface area (Å²) in [6.45, 7) is 4.28. The first kappa shape index (κ1) is 26.2. The third-order valence-corrected chi connectivity index (χ3v) is 5.90. The van der Waals surface area contributed by atoms with E-state index in [1.807, 2.05) is 38.1 Å². The molecule has 0 unspecified atom stereocenters. The van der Waals surface area contributed by atoms with Gasteiger partial charge in [0.1, 0.15) is 13.0 Å². The van der Waals surface area contributed by atoms with Crippen molar-refractivity contribution >= 4 is 51.2 Å². The molecule has 2 N–H and O–H groups in total. The molecule has 3 rings (SSSR count). The van der Waals surface area contributed by atoms with Crippen molar-refractivity contribution in [2.75, 3.05) is 12.4 Å². The van der Waals surface area contributed by atoms with E-state index in [0.29, 0.717) is 38.9 Å². The van der Waals surface area contributed by atoms with Crippen molar-refractivity contribution in [1.82, 2.24) is 5.43 Å². The summed E-state index contributed by atoms with van der Waals surface area (Å²) in [4.78, 5) is 24.2. The van der Waals surface area contributed by atoms with Gasteiger partial charge in [-0.05, 0) is 88.4 Å². The number of hydrogen-bond acceptors (Lipinski definition) is 5. The van der Waals surface area contributed by atoms with Crippen molar-refractivity contribution in [3.8, 4) is 11.5 Å². The molecule has 0 aliphatic rings. The van der Waals surface area contributed by atoms with Crippen LogP contribution in [0.15, 0.2) is 64.2 Å². The maximum Gasteiger partial charge on any atom is 0.249 e. The second-order valence-corrected chi connectivity index (χ2v) is 9.06. The number of hydrazone groups is 1. The molecule has 0 aromatic heterocycles. The predicted molar refractivity (Wildman–Crippen MR) is 141 cm³/mol. The largest absolute Gasteiger partial charge is 0.493 e. The molecule has 3 aromatic carbocycles. The first-order valence-corrected chi connectivity index (χ1v) is 11.9. The average Bonchev–Trinajstić information content (AvgIpc) is 2.81. The first-order valence-electron chi connectivity index (χ1n) is 10.7. The van der Waals surface area contributed by atoms with E-state index in [2.05, 4.69) is 31.8 Å². The lowest BCUT2D eigenvalue weighted by atomic mass is 10.1. The number of nitrogens with one attached hydrogen (secondary N) is 2. The minimum Gasteiger partial charge on any atom is -0.493 e. The number of benzene rings is 3. The van der Waals surface area contributed by atoms with Crippen LogP contribution in [0.25, 0.3) is 0 Å². The maximum atomic E-state index is 12.1. The number of anilines is 1. The molecule has 0 bridgehead atoms. The molecule has 0 radical (unpaired) electrons. The molecular weight excluding hydrogens is 534 g/mol. The summed E-state index contributed by atoms with van der Waals surface area (Å²) in [5.74, 6) is 0.0737. The van der Waals surface area contributed by atoms with Gasteiger partial charge in [0.25, 0.3) is 0 Å². The number of halogens is 2. The standard InChI is InChI=1S/C26H25BrClN3O4/c1-16-4-9-21(10-17(16)2)30-24(32)13-25(33)31-29-14-19-11-22(27)26(23(12-19)34-3)35-15-18-5-7-20(28)8-6-18/h4-12,14H,13,15H2,1-3H3,(H,30,32)(H,31,33). The molecule has 2 amide bonds. The van der Waals surface area contributed by atoms with Gasteiger partial charge >= 0.3 is 0 Å². The lowest BCUT2D eigenvalue weighted by molar-refractivity contribution is -0.126. The molecule has 0 atom stereocenters. The zero-order chi connectivity index (χ0) is 25.4. The fraction of sp³-hybridized carbons (Fsp3) is 0.192. The van der Waals surface area contributed by atoms with E-state index in [4.69, 9.17) is 21.1 Å². The lowest BCUT2D eigenvalue weighted by Gasteiger charge is -2.13. The highest BCUT2D eigenvalue weighted by Crippen LogP contribution is 2.37. The lowest BCUT2D eigenvalue weighted by Crippen LogP contribution is -2.24. The van der Waals surface area contributed by atoms with Crippen LogP contribution in [0.5, 0.6) is 11.5 Å². The van der Waals surface area contributed by atoms with Crippen molar-refractivity contribution in [2.45, 2.75) is 26.9 Å². The van der Waals surface area contributed by atoms with E-state index < -0.39 is 11.8 Å². The van der Waals surface area contributed by atoms with Crippen molar-refractivity contribution < 1.29 is 19.1 Å². The molecule has 0 saturated heterocycles. The zero-order valence-corrected chi connectivity index (χ0v) is 21.9. The van der Waals surface area contributed by atoms with E-state index in [-0.39, 0.29) is 6.42 Å². The van der Waals surface area contributed by atoms with Crippen LogP contribution in [0.4, 0.5) is 5.69 Å². The van der Waals surface area contributed by atoms with Crippen LogP contribution in [0.2, 0.25) is 5.02 Å². The molecule has 0 aliphatic heterocycles. The Balaban J connectivity index is 1.56. The summed E-state index contributed by atoms with van der Waals surface area (Å²) >= 11 is 9.41. The van der Waals surface area contributed by atoms with Crippen LogP contribution in [0.1, 0.15) is 28.7 Å². The summed E-state index contributed by atoms with van der Waals surface area (Å²) in [6, 6.07) is 16.4. The van der Waals surface area contributed by atoms with Gasteiger partial charge in [0.15, 0.2) is 11.5 Å². The highest BCUT2D eigenvalue weighted by Gasteiger charge is 2.12. The molecule has 35 heavy (non-hydrogen) atoms. The van der Waals surface area contributed by atoms with E-state index in [9.17, 15) is 9.59 Å². The predicted octanol–water partition coefficient (Wildman–Crippen LogP) is 5.79. The molecule has 182 valence electrons. The number of amides is 2. The van der Waals surface area contributed by atoms with Gasteiger partial charge in [-0.2, -0.15) is 5.10 Å². The Bertz CT molecular complexity index is 1250. The quantitative estimate of drug-likeness (QED) is 0.198. The Labute approximate surface area is 217 Å². The zero-order valence-electron chi connectivity index (χ0n) is 19.5. The van der Waals surface area contributed by atoms with Gasteiger partial charge in [0, 0.05) is 10.7 Å². The molecule has 0 fully saturated rings. The molecule has 7 nitrogen and oxygen atoms in total. The fourth-order valence-electron chi connectivity index (χ4n) is 3.08. The van der Waals surface area contributed by atoms with Crippen molar-refractivity contribution in [3.63, 3.8) is 0 Å². The number of hydrogen-bond donors (Lipinski definition) is 2. The summed E-state index contributed by atoms with van der Waals surface area (Å²) in [5.41, 5.74) is 6.80. The Kier molecular flexibility index (Phi) is 9.28. The van der Waals surface area contributed by atoms with Gasteiger partial charge in [0.2, 0.25) is 11.8 Å². The second kappa shape index (κ2) is 12.4. The molecular formula is C26H25BrClN3O4. The molecule has 0 heterocycles. The van der Waals surface area contributed by atoms with Crippen LogP contribution < -0.4 is 20.2 Å². The number of carbonyl (C=O) groups is 2. The first-order chi connectivity index (χ1) is 16.7. The van der Waals surface area contributed by atoms with Gasteiger partial charge in [-0.1, -0.05) is 29.8 Å². The minimum atomic E-state index is -0.531. The number of methoxy groups -OCH3 is 1. The topological polar surface area (TPSA) is 89.0 Å². The Morgan fingerprint density at radius 2 is 1.77 bits per heavy atom. The van der Waals surface area contributed by atoms with E-state index in [1.54, 1.807) is 30.3 Å². The van der Waals surface area contributed by atoms with Gasteiger partial charge < -0.3 is 14.8 Å². The minimum absolute atomic E-state index is 0.333. The van der Waals surface area contributed by atoms with Crippen LogP contribution in [0, 0.1) is 13.8 Å². The molecule has 0 aliphatic carbocycles. The molecule has 3 aromatic rings. The third-order valence-electron chi connectivity index (χ3n) is 5.06. The van der Waals surface area contributed by atoms with Gasteiger partial charge in [-0.15, -0.1) is 0 Å². The number of carbonyl (C=O) groups excluding carboxylic acids is 2. The van der Waals surface area contributed by atoms with E-state index in [1.165, 1.54) is 13.3 Å². The number of nitrogens with zero attached hydrogens (tertiary/aromatic N) is 1. The highest BCUT2D eigenvalue weighted by atomic mass is 79.9. The van der Waals surface area contributed by atoms with Gasteiger partial charge in [-0.3, -0.25) is 9.59 Å². The van der Waals surface area contributed by atoms with Crippen LogP contribution in [0.3, 0.4) is 0 Å². The average molecular weight is 559 g/mol. The summed E-state index contributed by atoms with van der Waals surface area (Å²) in [7, 11) is 1.54. The fourth-order valence-corrected chi connectivity index (χ4v) is 3.78. The second-order valence-electron chi connectivity index (χ2n) is 7.77.